The molecule has 1 aliphatic carbocycles. The molecule has 0 aliphatic heterocycles. The number of nitrogens with one attached hydrogen (secondary N) is 2. The summed E-state index contributed by atoms with van der Waals surface area (Å²) >= 11 is 31.1. The quantitative estimate of drug-likeness (QED) is 0.274. The molecule has 2 aromatic carbocycles. The Balaban J connectivity index is 1.62. The summed E-state index contributed by atoms with van der Waals surface area (Å²) in [6.45, 7) is 1.65. The first-order valence-corrected chi connectivity index (χ1v) is 14.6. The second-order valence-electron chi connectivity index (χ2n) is 8.89. The van der Waals surface area contributed by atoms with Gasteiger partial charge in [0.05, 0.1) is 23.8 Å². The summed E-state index contributed by atoms with van der Waals surface area (Å²) < 4.78 is 59.7. The maximum absolute atomic E-state index is 13.0. The number of halogens is 8. The Morgan fingerprint density at radius 2 is 1.70 bits per heavy atom. The van der Waals surface area contributed by atoms with Crippen molar-refractivity contribution < 1.29 is 26.4 Å². The fourth-order valence-corrected chi connectivity index (χ4v) is 7.05. The molecule has 1 aliphatic rings. The van der Waals surface area contributed by atoms with Gasteiger partial charge in [0.15, 0.2) is 9.84 Å². The first-order valence-electron chi connectivity index (χ1n) is 10.9. The first-order chi connectivity index (χ1) is 17.0. The fourth-order valence-electron chi connectivity index (χ4n) is 3.91. The van der Waals surface area contributed by atoms with E-state index in [1.54, 1.807) is 43.3 Å². The third kappa shape index (κ3) is 8.52. The lowest BCUT2D eigenvalue weighted by Crippen LogP contribution is -2.34. The minimum atomic E-state index is -4.55. The van der Waals surface area contributed by atoms with Gasteiger partial charge in [-0.15, -0.1) is 23.2 Å². The van der Waals surface area contributed by atoms with E-state index in [0.29, 0.717) is 31.9 Å². The smallest absolute Gasteiger partial charge is 0.326 e. The van der Waals surface area contributed by atoms with Crippen LogP contribution in [0.5, 0.6) is 0 Å². The van der Waals surface area contributed by atoms with Crippen LogP contribution >= 0.6 is 58.0 Å². The van der Waals surface area contributed by atoms with E-state index in [1.165, 1.54) is 0 Å². The van der Waals surface area contributed by atoms with E-state index < -0.39 is 62.1 Å². The van der Waals surface area contributed by atoms with E-state index in [4.69, 9.17) is 58.0 Å². The van der Waals surface area contributed by atoms with Crippen molar-refractivity contribution in [1.29, 1.82) is 0 Å². The van der Waals surface area contributed by atoms with Gasteiger partial charge in [-0.25, -0.2) is 8.42 Å². The average molecular weight is 641 g/mol. The lowest BCUT2D eigenvalue weighted by molar-refractivity contribution is -0.130. The van der Waals surface area contributed by atoms with Crippen LogP contribution in [0.4, 0.5) is 18.9 Å². The molecule has 37 heavy (non-hydrogen) atoms. The highest BCUT2D eigenvalue weighted by molar-refractivity contribution is 7.91. The van der Waals surface area contributed by atoms with Crippen LogP contribution in [0.15, 0.2) is 36.4 Å². The molecule has 14 heteroatoms. The molecule has 0 heterocycles. The molecule has 1 amide bonds. The second kappa shape index (κ2) is 11.7. The number of alkyl halides is 5. The average Bonchev–Trinajstić information content (AvgIpc) is 3.33. The van der Waals surface area contributed by atoms with Gasteiger partial charge >= 0.3 is 6.18 Å². The van der Waals surface area contributed by atoms with Gasteiger partial charge in [-0.2, -0.15) is 13.2 Å². The van der Waals surface area contributed by atoms with E-state index in [1.807, 2.05) is 0 Å². The summed E-state index contributed by atoms with van der Waals surface area (Å²) in [6.07, 6.45) is -5.94. The summed E-state index contributed by atoms with van der Waals surface area (Å²) in [5.41, 5.74) is 1.56. The third-order valence-electron chi connectivity index (χ3n) is 5.73. The predicted molar refractivity (Wildman–Crippen MR) is 143 cm³/mol. The Hall–Kier alpha value is -0.940. The molecule has 2 unspecified atom stereocenters. The molecule has 1 saturated carbocycles. The Morgan fingerprint density at radius 3 is 2.30 bits per heavy atom. The maximum atomic E-state index is 13.0. The van der Waals surface area contributed by atoms with Crippen LogP contribution in [-0.4, -0.2) is 42.4 Å². The SMILES string of the molecule is C[C@H](CS(=O)(=O)CCC(F)(F)F)NCc1cc(NC(=O)C2C(c3cc(Cl)cc(Cl)c3)C2(Cl)Cl)ccc1Cl. The molecule has 0 saturated heterocycles. The Bertz CT molecular complexity index is 1250. The normalized spacial score (nSPS) is 19.9. The zero-order valence-corrected chi connectivity index (χ0v) is 23.8. The van der Waals surface area contributed by atoms with Gasteiger partial charge in [-0.1, -0.05) is 34.8 Å². The Kier molecular flexibility index (Phi) is 9.64. The molecule has 5 nitrogen and oxygen atoms in total. The summed E-state index contributed by atoms with van der Waals surface area (Å²) in [5, 5.41) is 6.80. The van der Waals surface area contributed by atoms with Crippen LogP contribution in [0.3, 0.4) is 0 Å². The minimum absolute atomic E-state index is 0.112. The highest BCUT2D eigenvalue weighted by atomic mass is 35.5. The van der Waals surface area contributed by atoms with E-state index >= 15 is 0 Å². The summed E-state index contributed by atoms with van der Waals surface area (Å²) in [5.74, 6) is -3.18. The number of hydrogen-bond acceptors (Lipinski definition) is 4. The van der Waals surface area contributed by atoms with Gasteiger partial charge in [0, 0.05) is 39.3 Å². The number of carbonyl (C=O) groups excluding carboxylic acids is 1. The Morgan fingerprint density at radius 1 is 1.08 bits per heavy atom. The fraction of sp³-hybridized carbons (Fsp3) is 0.435. The summed E-state index contributed by atoms with van der Waals surface area (Å²) in [7, 11) is -3.91. The molecular weight excluding hydrogens is 619 g/mol. The number of amides is 1. The predicted octanol–water partition coefficient (Wildman–Crippen LogP) is 7.02. The lowest BCUT2D eigenvalue weighted by atomic mass is 10.1. The van der Waals surface area contributed by atoms with Gasteiger partial charge in [-0.05, 0) is 54.4 Å². The van der Waals surface area contributed by atoms with Crippen molar-refractivity contribution in [2.24, 2.45) is 5.92 Å². The van der Waals surface area contributed by atoms with Gasteiger partial charge < -0.3 is 10.6 Å². The van der Waals surface area contributed by atoms with Crippen LogP contribution < -0.4 is 10.6 Å². The number of sulfone groups is 1. The molecule has 2 aromatic rings. The van der Waals surface area contributed by atoms with Gasteiger partial charge in [0.25, 0.3) is 0 Å². The highest BCUT2D eigenvalue weighted by Gasteiger charge is 2.67. The molecule has 2 N–H and O–H groups in total. The van der Waals surface area contributed by atoms with Crippen molar-refractivity contribution >= 4 is 79.4 Å². The Labute approximate surface area is 237 Å². The molecular formula is C23H22Cl5F3N2O3S. The van der Waals surface area contributed by atoms with Crippen molar-refractivity contribution in [2.45, 2.75) is 42.4 Å². The monoisotopic (exact) mass is 638 g/mol. The molecule has 3 rings (SSSR count). The lowest BCUT2D eigenvalue weighted by Gasteiger charge is -2.16. The van der Waals surface area contributed by atoms with Crippen molar-refractivity contribution in [1.82, 2.24) is 5.32 Å². The summed E-state index contributed by atoms with van der Waals surface area (Å²) in [4.78, 5) is 13.0. The largest absolute Gasteiger partial charge is 0.390 e. The van der Waals surface area contributed by atoms with Crippen LogP contribution in [0.2, 0.25) is 15.1 Å². The topological polar surface area (TPSA) is 75.3 Å². The number of anilines is 1. The molecule has 0 aromatic heterocycles. The first kappa shape index (κ1) is 30.6. The van der Waals surface area contributed by atoms with Crippen molar-refractivity contribution in [3.05, 3.63) is 62.6 Å². The van der Waals surface area contributed by atoms with Crippen LogP contribution in [0, 0.1) is 5.92 Å². The zero-order valence-electron chi connectivity index (χ0n) is 19.2. The zero-order chi connectivity index (χ0) is 27.8. The van der Waals surface area contributed by atoms with E-state index in [0.717, 1.165) is 0 Å². The standard InChI is InChI=1S/C23H22Cl5F3N2O3S/c1-12(11-37(35,36)5-4-22(29,30)31)32-10-14-8-17(2-3-18(14)26)33-21(34)20-19(23(20,27)28)13-6-15(24)9-16(25)7-13/h2-3,6-9,12,19-20,32H,4-5,10-11H2,1H3,(H,33,34)/t12-,19?,20?/m1/s1. The van der Waals surface area contributed by atoms with Crippen LogP contribution in [0.1, 0.15) is 30.4 Å². The van der Waals surface area contributed by atoms with Gasteiger partial charge in [0.2, 0.25) is 5.91 Å². The second-order valence-corrected chi connectivity index (χ2v) is 13.8. The highest BCUT2D eigenvalue weighted by Crippen LogP contribution is 2.65. The molecule has 0 bridgehead atoms. The molecule has 0 radical (unpaired) electrons. The summed E-state index contributed by atoms with van der Waals surface area (Å²) in [6, 6.07) is 8.91. The number of rotatable bonds is 10. The van der Waals surface area contributed by atoms with E-state index in [9.17, 15) is 26.4 Å². The van der Waals surface area contributed by atoms with Crippen molar-refractivity contribution in [3.8, 4) is 0 Å². The maximum Gasteiger partial charge on any atom is 0.390 e. The number of hydrogen-bond donors (Lipinski definition) is 2. The molecule has 204 valence electrons. The van der Waals surface area contributed by atoms with Gasteiger partial charge in [0.1, 0.15) is 4.33 Å². The van der Waals surface area contributed by atoms with Gasteiger partial charge in [-0.3, -0.25) is 4.79 Å². The van der Waals surface area contributed by atoms with Crippen LogP contribution in [0.25, 0.3) is 0 Å². The van der Waals surface area contributed by atoms with E-state index in [2.05, 4.69) is 10.6 Å². The minimum Gasteiger partial charge on any atom is -0.326 e. The molecule has 3 atom stereocenters. The number of carbonyl (C=O) groups is 1. The van der Waals surface area contributed by atoms with Crippen molar-refractivity contribution in [2.75, 3.05) is 16.8 Å². The third-order valence-corrected chi connectivity index (χ3v) is 9.31. The van der Waals surface area contributed by atoms with Crippen LogP contribution in [-0.2, 0) is 21.2 Å². The number of benzene rings is 2. The molecule has 0 spiro atoms. The molecule has 1 fully saturated rings. The van der Waals surface area contributed by atoms with E-state index in [-0.39, 0.29) is 6.54 Å². The van der Waals surface area contributed by atoms with Crippen molar-refractivity contribution in [3.63, 3.8) is 0 Å².